The Morgan fingerprint density at radius 1 is 1.32 bits per heavy atom. The lowest BCUT2D eigenvalue weighted by molar-refractivity contribution is -0.121. The molecule has 0 amide bonds. The van der Waals surface area contributed by atoms with Gasteiger partial charge in [0.1, 0.15) is 23.7 Å². The summed E-state index contributed by atoms with van der Waals surface area (Å²) in [6.07, 6.45) is -1.61. The number of methoxy groups -OCH3 is 1. The number of rotatable bonds is 7. The van der Waals surface area contributed by atoms with Crippen molar-refractivity contribution in [1.29, 1.82) is 5.26 Å². The number of nitrogens with zero attached hydrogens (tertiary/aromatic N) is 8. The van der Waals surface area contributed by atoms with Gasteiger partial charge >= 0.3 is 0 Å². The quantitative estimate of drug-likeness (QED) is 0.387. The van der Waals surface area contributed by atoms with Gasteiger partial charge in [-0.15, -0.1) is 10.2 Å². The van der Waals surface area contributed by atoms with Crippen LogP contribution in [0.4, 0.5) is 19.1 Å². The van der Waals surface area contributed by atoms with Crippen molar-refractivity contribution in [1.82, 2.24) is 34.5 Å². The van der Waals surface area contributed by atoms with Gasteiger partial charge in [-0.1, -0.05) is 11.3 Å². The summed E-state index contributed by atoms with van der Waals surface area (Å²) in [7, 11) is 1.48. The highest BCUT2D eigenvalue weighted by atomic mass is 19.3. The molecule has 0 saturated carbocycles. The van der Waals surface area contributed by atoms with Crippen LogP contribution in [0.15, 0.2) is 30.5 Å². The van der Waals surface area contributed by atoms with Crippen molar-refractivity contribution in [2.75, 3.05) is 38.7 Å². The average molecular weight is 528 g/mol. The summed E-state index contributed by atoms with van der Waals surface area (Å²) in [5, 5.41) is 24.9. The smallest absolute Gasteiger partial charge is 0.258 e. The third-order valence-electron chi connectivity index (χ3n) is 7.16. The first-order valence-corrected chi connectivity index (χ1v) is 12.1. The van der Waals surface area contributed by atoms with Crippen molar-refractivity contribution < 1.29 is 22.6 Å². The molecular formula is C24H24F3N9O2. The molecule has 0 unspecified atom stereocenters. The zero-order valence-corrected chi connectivity index (χ0v) is 20.4. The summed E-state index contributed by atoms with van der Waals surface area (Å²) in [5.74, 6) is 0.471. The van der Waals surface area contributed by atoms with Crippen LogP contribution in [-0.4, -0.2) is 92.1 Å². The number of ether oxygens (including phenoxy) is 2. The van der Waals surface area contributed by atoms with E-state index in [9.17, 15) is 14.0 Å². The van der Waals surface area contributed by atoms with E-state index in [4.69, 9.17) is 9.47 Å². The van der Waals surface area contributed by atoms with Crippen LogP contribution in [-0.2, 0) is 11.3 Å². The first-order valence-electron chi connectivity index (χ1n) is 12.1. The Morgan fingerprint density at radius 2 is 2.16 bits per heavy atom. The molecule has 4 aromatic rings. The van der Waals surface area contributed by atoms with Gasteiger partial charge < -0.3 is 14.8 Å². The zero-order chi connectivity index (χ0) is 26.4. The number of nitrogens with one attached hydrogen (secondary N) is 1. The highest BCUT2D eigenvalue weighted by molar-refractivity contribution is 5.89. The van der Waals surface area contributed by atoms with Crippen LogP contribution in [0.2, 0.25) is 0 Å². The number of fused-ring (bicyclic) bond motifs is 2. The second kappa shape index (κ2) is 9.41. The minimum absolute atomic E-state index is 0.112. The molecule has 2 aliphatic rings. The first-order chi connectivity index (χ1) is 18.4. The zero-order valence-electron chi connectivity index (χ0n) is 20.4. The molecule has 0 aliphatic carbocycles. The van der Waals surface area contributed by atoms with E-state index < -0.39 is 30.7 Å². The van der Waals surface area contributed by atoms with E-state index in [0.717, 1.165) is 11.1 Å². The predicted octanol–water partition coefficient (Wildman–Crippen LogP) is 2.53. The molecule has 2 atom stereocenters. The number of likely N-dealkylation sites (tertiary alicyclic amines) is 1. The van der Waals surface area contributed by atoms with E-state index in [1.54, 1.807) is 22.8 Å². The van der Waals surface area contributed by atoms with E-state index >= 15 is 4.39 Å². The lowest BCUT2D eigenvalue weighted by Gasteiger charge is -2.48. The number of nitriles is 1. The van der Waals surface area contributed by atoms with Crippen LogP contribution in [0, 0.1) is 11.3 Å². The minimum atomic E-state index is -2.56. The molecule has 1 N–H and O–H groups in total. The lowest BCUT2D eigenvalue weighted by Crippen LogP contribution is -2.65. The number of hydrogen-bond acceptors (Lipinski definition) is 9. The van der Waals surface area contributed by atoms with Gasteiger partial charge in [0.2, 0.25) is 11.8 Å². The molecular weight excluding hydrogens is 503 g/mol. The van der Waals surface area contributed by atoms with Crippen molar-refractivity contribution in [3.05, 3.63) is 30.5 Å². The number of piperidine rings is 1. The number of anilines is 1. The summed E-state index contributed by atoms with van der Waals surface area (Å²) in [6.45, 7) is 0.679. The number of hydrogen-bond donors (Lipinski definition) is 1. The molecule has 0 spiro atoms. The maximum Gasteiger partial charge on any atom is 0.258 e. The largest absolute Gasteiger partial charge is 0.479 e. The normalized spacial score (nSPS) is 21.5. The third kappa shape index (κ3) is 4.07. The second-order valence-electron chi connectivity index (χ2n) is 9.47. The van der Waals surface area contributed by atoms with E-state index in [0.29, 0.717) is 42.7 Å². The Bertz CT molecular complexity index is 1530. The van der Waals surface area contributed by atoms with Crippen molar-refractivity contribution in [3.63, 3.8) is 0 Å². The van der Waals surface area contributed by atoms with Crippen LogP contribution in [0.5, 0.6) is 5.88 Å². The molecule has 2 saturated heterocycles. The maximum atomic E-state index is 15.1. The standard InChI is InChI=1S/C24H24F3N9O2/c1-37-22-21-15(14-2-3-18-19(8-14)36(33-31-18)10-20(26)27)4-7-35(21)32-23(30-22)29-17-5-6-34(9-16(17)25)24(11-28)12-38-13-24/h2-4,7-8,16-17,20H,5-6,9-10,12-13H2,1H3,(H,29,32)/t16-,17+/m1/s1. The maximum absolute atomic E-state index is 15.1. The minimum Gasteiger partial charge on any atom is -0.479 e. The highest BCUT2D eigenvalue weighted by Crippen LogP contribution is 2.34. The van der Waals surface area contributed by atoms with Crippen LogP contribution >= 0.6 is 0 Å². The Balaban J connectivity index is 1.27. The lowest BCUT2D eigenvalue weighted by atomic mass is 9.92. The third-order valence-corrected chi connectivity index (χ3v) is 7.16. The molecule has 5 heterocycles. The Hall–Kier alpha value is -3.96. The van der Waals surface area contributed by atoms with Crippen LogP contribution < -0.4 is 10.1 Å². The number of halogens is 3. The fourth-order valence-electron chi connectivity index (χ4n) is 5.06. The van der Waals surface area contributed by atoms with E-state index in [1.165, 1.54) is 11.8 Å². The van der Waals surface area contributed by atoms with E-state index in [-0.39, 0.29) is 18.4 Å². The van der Waals surface area contributed by atoms with Gasteiger partial charge in [-0.3, -0.25) is 4.90 Å². The van der Waals surface area contributed by atoms with Gasteiger partial charge in [-0.2, -0.15) is 10.2 Å². The fraction of sp³-hybridized carbons (Fsp3) is 0.458. The molecule has 38 heavy (non-hydrogen) atoms. The van der Waals surface area contributed by atoms with Gasteiger partial charge in [-0.25, -0.2) is 22.4 Å². The average Bonchev–Trinajstić information content (AvgIpc) is 3.48. The summed E-state index contributed by atoms with van der Waals surface area (Å²) >= 11 is 0. The van der Waals surface area contributed by atoms with Gasteiger partial charge in [0, 0.05) is 24.8 Å². The molecule has 1 aromatic carbocycles. The molecule has 198 valence electrons. The Kier molecular flexibility index (Phi) is 6.04. The van der Waals surface area contributed by atoms with Crippen LogP contribution in [0.25, 0.3) is 27.7 Å². The monoisotopic (exact) mass is 527 g/mol. The second-order valence-corrected chi connectivity index (χ2v) is 9.47. The summed E-state index contributed by atoms with van der Waals surface area (Å²) < 4.78 is 54.6. The Morgan fingerprint density at radius 3 is 2.84 bits per heavy atom. The number of benzene rings is 1. The first kappa shape index (κ1) is 24.4. The van der Waals surface area contributed by atoms with Gasteiger partial charge in [0.05, 0.1) is 38.0 Å². The molecule has 2 aliphatic heterocycles. The number of alkyl halides is 3. The molecule has 0 radical (unpaired) electrons. The molecule has 3 aromatic heterocycles. The number of aromatic nitrogens is 6. The van der Waals surface area contributed by atoms with Gasteiger partial charge in [0.25, 0.3) is 6.43 Å². The highest BCUT2D eigenvalue weighted by Gasteiger charge is 2.48. The van der Waals surface area contributed by atoms with E-state index in [1.807, 2.05) is 17.0 Å². The summed E-state index contributed by atoms with van der Waals surface area (Å²) in [6, 6.07) is 8.81. The fourth-order valence-corrected chi connectivity index (χ4v) is 5.06. The van der Waals surface area contributed by atoms with Crippen molar-refractivity contribution in [3.8, 4) is 23.1 Å². The van der Waals surface area contributed by atoms with Crippen molar-refractivity contribution in [2.45, 2.75) is 37.1 Å². The van der Waals surface area contributed by atoms with Crippen molar-refractivity contribution >= 4 is 22.5 Å². The van der Waals surface area contributed by atoms with Gasteiger partial charge in [-0.05, 0) is 30.2 Å². The van der Waals surface area contributed by atoms with Crippen LogP contribution in [0.3, 0.4) is 0 Å². The predicted molar refractivity (Wildman–Crippen MR) is 130 cm³/mol. The summed E-state index contributed by atoms with van der Waals surface area (Å²) in [5.41, 5.74) is 2.26. The molecule has 11 nitrogen and oxygen atoms in total. The Labute approximate surface area is 214 Å². The molecule has 14 heteroatoms. The molecule has 0 bridgehead atoms. The SMILES string of the molecule is COc1nc(N[C@H]2CCN(C3(C#N)COC3)C[C@H]2F)nn2ccc(-c3ccc4nnn(CC(F)F)c4c3)c12. The molecule has 2 fully saturated rings. The van der Waals surface area contributed by atoms with Crippen molar-refractivity contribution in [2.24, 2.45) is 0 Å². The topological polar surface area (TPSA) is 118 Å². The van der Waals surface area contributed by atoms with Gasteiger partial charge in [0.15, 0.2) is 5.54 Å². The van der Waals surface area contributed by atoms with Crippen LogP contribution in [0.1, 0.15) is 6.42 Å². The van der Waals surface area contributed by atoms with E-state index in [2.05, 4.69) is 31.8 Å². The molecule has 6 rings (SSSR count). The summed E-state index contributed by atoms with van der Waals surface area (Å²) in [4.78, 5) is 6.33.